The molecular weight excluding hydrogens is 320 g/mol. The molecule has 0 aliphatic heterocycles. The molecule has 0 radical (unpaired) electrons. The zero-order valence-corrected chi connectivity index (χ0v) is 12.8. The molecule has 2 aromatic heterocycles. The summed E-state index contributed by atoms with van der Waals surface area (Å²) < 4.78 is 1.15. The number of halogens is 1. The third kappa shape index (κ3) is 2.43. The van der Waals surface area contributed by atoms with Crippen molar-refractivity contribution in [1.82, 2.24) is 10.3 Å². The number of hydrogen-bond acceptors (Lipinski definition) is 3. The molecule has 0 amide bonds. The lowest BCUT2D eigenvalue weighted by atomic mass is 9.96. The fourth-order valence-electron chi connectivity index (χ4n) is 2.37. The van der Waals surface area contributed by atoms with E-state index in [1.165, 1.54) is 21.9 Å². The van der Waals surface area contributed by atoms with E-state index in [9.17, 15) is 0 Å². The number of nitrogens with zero attached hydrogens (tertiary/aromatic N) is 1. The lowest BCUT2D eigenvalue weighted by molar-refractivity contribution is 0.699. The predicted molar refractivity (Wildman–Crippen MR) is 84.7 cm³/mol. The highest BCUT2D eigenvalue weighted by atomic mass is 79.9. The fourth-order valence-corrected chi connectivity index (χ4v) is 3.57. The molecule has 1 N–H and O–H groups in total. The molecule has 19 heavy (non-hydrogen) atoms. The standard InChI is InChI=1S/C15H13BrN2S/c1-17-15(11-7-14(16)19-9-11)12-4-2-3-10-5-6-18-8-13(10)12/h2-9,15,17H,1H3. The predicted octanol–water partition coefficient (Wildman–Crippen LogP) is 4.37. The average Bonchev–Trinajstić information content (AvgIpc) is 2.86. The van der Waals surface area contributed by atoms with E-state index >= 15 is 0 Å². The van der Waals surface area contributed by atoms with E-state index in [-0.39, 0.29) is 6.04 Å². The van der Waals surface area contributed by atoms with Crippen LogP contribution in [-0.2, 0) is 0 Å². The summed E-state index contributed by atoms with van der Waals surface area (Å²) in [5, 5.41) is 8.00. The highest BCUT2D eigenvalue weighted by molar-refractivity contribution is 9.11. The van der Waals surface area contributed by atoms with Crippen molar-refractivity contribution >= 4 is 38.0 Å². The Bertz CT molecular complexity index is 703. The maximum Gasteiger partial charge on any atom is 0.0701 e. The largest absolute Gasteiger partial charge is 0.309 e. The molecule has 0 saturated heterocycles. The molecule has 0 saturated carbocycles. The summed E-state index contributed by atoms with van der Waals surface area (Å²) in [6, 6.07) is 10.8. The average molecular weight is 333 g/mol. The Kier molecular flexibility index (Phi) is 3.64. The van der Waals surface area contributed by atoms with Gasteiger partial charge in [-0.15, -0.1) is 11.3 Å². The van der Waals surface area contributed by atoms with Gasteiger partial charge < -0.3 is 5.32 Å². The molecule has 3 rings (SSSR count). The minimum Gasteiger partial charge on any atom is -0.309 e. The van der Waals surface area contributed by atoms with Gasteiger partial charge in [-0.05, 0) is 57.0 Å². The van der Waals surface area contributed by atoms with Gasteiger partial charge in [-0.1, -0.05) is 18.2 Å². The normalized spacial score (nSPS) is 12.7. The second-order valence-electron chi connectivity index (χ2n) is 4.35. The number of thiophene rings is 1. The third-order valence-corrected chi connectivity index (χ3v) is 4.76. The van der Waals surface area contributed by atoms with Crippen molar-refractivity contribution in [2.45, 2.75) is 6.04 Å². The summed E-state index contributed by atoms with van der Waals surface area (Å²) in [5.41, 5.74) is 2.54. The quantitative estimate of drug-likeness (QED) is 0.770. The highest BCUT2D eigenvalue weighted by Crippen LogP contribution is 2.32. The van der Waals surface area contributed by atoms with Crippen molar-refractivity contribution in [3.05, 3.63) is 63.0 Å². The van der Waals surface area contributed by atoms with Crippen LogP contribution in [0.1, 0.15) is 17.2 Å². The van der Waals surface area contributed by atoms with Crippen molar-refractivity contribution in [1.29, 1.82) is 0 Å². The SMILES string of the molecule is CNC(c1csc(Br)c1)c1cccc2ccncc12. The van der Waals surface area contributed by atoms with Crippen LogP contribution >= 0.6 is 27.3 Å². The highest BCUT2D eigenvalue weighted by Gasteiger charge is 2.15. The Morgan fingerprint density at radius 2 is 2.21 bits per heavy atom. The van der Waals surface area contributed by atoms with Crippen LogP contribution in [0, 0.1) is 0 Å². The van der Waals surface area contributed by atoms with E-state index in [0.717, 1.165) is 3.79 Å². The molecule has 0 aliphatic rings. The maximum absolute atomic E-state index is 4.25. The number of nitrogens with one attached hydrogen (secondary N) is 1. The molecule has 1 unspecified atom stereocenters. The number of benzene rings is 1. The van der Waals surface area contributed by atoms with E-state index in [1.54, 1.807) is 11.3 Å². The Hall–Kier alpha value is -1.23. The first-order valence-corrected chi connectivity index (χ1v) is 7.70. The van der Waals surface area contributed by atoms with E-state index in [2.05, 4.69) is 61.9 Å². The van der Waals surface area contributed by atoms with E-state index in [1.807, 2.05) is 19.4 Å². The summed E-state index contributed by atoms with van der Waals surface area (Å²) in [7, 11) is 1.99. The van der Waals surface area contributed by atoms with Gasteiger partial charge in [-0.2, -0.15) is 0 Å². The zero-order chi connectivity index (χ0) is 13.2. The number of rotatable bonds is 3. The van der Waals surface area contributed by atoms with Crippen molar-refractivity contribution in [3.8, 4) is 0 Å². The summed E-state index contributed by atoms with van der Waals surface area (Å²) >= 11 is 5.24. The van der Waals surface area contributed by atoms with Gasteiger partial charge in [0.05, 0.1) is 9.83 Å². The zero-order valence-electron chi connectivity index (χ0n) is 10.4. The number of pyridine rings is 1. The maximum atomic E-state index is 4.25. The van der Waals surface area contributed by atoms with Crippen LogP contribution < -0.4 is 5.32 Å². The van der Waals surface area contributed by atoms with Gasteiger partial charge in [0.2, 0.25) is 0 Å². The first-order chi connectivity index (χ1) is 9.29. The molecule has 1 atom stereocenters. The van der Waals surface area contributed by atoms with Gasteiger partial charge in [-0.25, -0.2) is 0 Å². The molecule has 3 aromatic rings. The van der Waals surface area contributed by atoms with Crippen LogP contribution in [0.15, 0.2) is 51.9 Å². The summed E-state index contributed by atoms with van der Waals surface area (Å²) in [5.74, 6) is 0. The number of hydrogen-bond donors (Lipinski definition) is 1. The monoisotopic (exact) mass is 332 g/mol. The third-order valence-electron chi connectivity index (χ3n) is 3.24. The number of aromatic nitrogens is 1. The van der Waals surface area contributed by atoms with Crippen molar-refractivity contribution in [3.63, 3.8) is 0 Å². The second-order valence-corrected chi connectivity index (χ2v) is 6.64. The molecule has 2 heterocycles. The van der Waals surface area contributed by atoms with Crippen LogP contribution in [0.3, 0.4) is 0 Å². The van der Waals surface area contributed by atoms with Crippen LogP contribution in [0.4, 0.5) is 0 Å². The van der Waals surface area contributed by atoms with Crippen LogP contribution in [0.2, 0.25) is 0 Å². The summed E-state index contributed by atoms with van der Waals surface area (Å²) in [4.78, 5) is 4.25. The first kappa shape index (κ1) is 12.8. The fraction of sp³-hybridized carbons (Fsp3) is 0.133. The molecule has 0 spiro atoms. The molecule has 4 heteroatoms. The molecule has 2 nitrogen and oxygen atoms in total. The van der Waals surface area contributed by atoms with Crippen LogP contribution in [-0.4, -0.2) is 12.0 Å². The Balaban J connectivity index is 2.16. The lowest BCUT2D eigenvalue weighted by Crippen LogP contribution is -2.17. The minimum absolute atomic E-state index is 0.190. The van der Waals surface area contributed by atoms with E-state index in [0.29, 0.717) is 0 Å². The minimum atomic E-state index is 0.190. The molecule has 0 bridgehead atoms. The van der Waals surface area contributed by atoms with Gasteiger partial charge in [0.25, 0.3) is 0 Å². The van der Waals surface area contributed by atoms with Gasteiger partial charge in [0.15, 0.2) is 0 Å². The molecular formula is C15H13BrN2S. The van der Waals surface area contributed by atoms with E-state index in [4.69, 9.17) is 0 Å². The molecule has 1 aromatic carbocycles. The molecule has 96 valence electrons. The van der Waals surface area contributed by atoms with Gasteiger partial charge in [-0.3, -0.25) is 4.98 Å². The van der Waals surface area contributed by atoms with E-state index < -0.39 is 0 Å². The Morgan fingerprint density at radius 1 is 1.32 bits per heavy atom. The first-order valence-electron chi connectivity index (χ1n) is 6.03. The topological polar surface area (TPSA) is 24.9 Å². The Labute approximate surface area is 124 Å². The summed E-state index contributed by atoms with van der Waals surface area (Å²) in [6.07, 6.45) is 3.78. The summed E-state index contributed by atoms with van der Waals surface area (Å²) in [6.45, 7) is 0. The van der Waals surface area contributed by atoms with Crippen LogP contribution in [0.25, 0.3) is 10.8 Å². The van der Waals surface area contributed by atoms with Crippen molar-refractivity contribution < 1.29 is 0 Å². The van der Waals surface area contributed by atoms with Crippen molar-refractivity contribution in [2.75, 3.05) is 7.05 Å². The molecule has 0 fully saturated rings. The smallest absolute Gasteiger partial charge is 0.0701 e. The van der Waals surface area contributed by atoms with Gasteiger partial charge in [0.1, 0.15) is 0 Å². The van der Waals surface area contributed by atoms with Crippen molar-refractivity contribution in [2.24, 2.45) is 0 Å². The van der Waals surface area contributed by atoms with Gasteiger partial charge in [0, 0.05) is 17.8 Å². The lowest BCUT2D eigenvalue weighted by Gasteiger charge is -2.17. The van der Waals surface area contributed by atoms with Crippen LogP contribution in [0.5, 0.6) is 0 Å². The Morgan fingerprint density at radius 3 is 2.95 bits per heavy atom. The number of fused-ring (bicyclic) bond motifs is 1. The van der Waals surface area contributed by atoms with Gasteiger partial charge >= 0.3 is 0 Å². The molecule has 0 aliphatic carbocycles. The second kappa shape index (κ2) is 5.41.